The summed E-state index contributed by atoms with van der Waals surface area (Å²) in [5.41, 5.74) is 2.78. The Balaban J connectivity index is 1.91. The molecule has 0 saturated carbocycles. The smallest absolute Gasteiger partial charge is 0.407 e. The van der Waals surface area contributed by atoms with Crippen LogP contribution < -0.4 is 10.1 Å². The number of amides is 1. The van der Waals surface area contributed by atoms with Crippen molar-refractivity contribution in [1.29, 1.82) is 0 Å². The standard InChI is InChI=1S/C23H22Cl3N3O3/c1-23(2,3)32-22(30)28-12-13-8-9-17(29-21(13)31-4)16-7-5-6-14(18(16)24)15-10-11-27-20(26)19(15)25/h5-11H,12H2,1-4H3,(H,28,30). The maximum Gasteiger partial charge on any atom is 0.407 e. The number of hydrogen-bond acceptors (Lipinski definition) is 5. The molecule has 0 unspecified atom stereocenters. The molecule has 6 nitrogen and oxygen atoms in total. The molecule has 3 rings (SSSR count). The maximum absolute atomic E-state index is 12.0. The Morgan fingerprint density at radius 2 is 1.69 bits per heavy atom. The molecule has 1 amide bonds. The average molecular weight is 495 g/mol. The Hall–Kier alpha value is -2.54. The molecule has 1 N–H and O–H groups in total. The minimum atomic E-state index is -0.583. The zero-order chi connectivity index (χ0) is 23.5. The highest BCUT2D eigenvalue weighted by Crippen LogP contribution is 2.40. The van der Waals surface area contributed by atoms with Crippen LogP contribution in [0, 0.1) is 0 Å². The quantitative estimate of drug-likeness (QED) is 0.395. The largest absolute Gasteiger partial charge is 0.481 e. The van der Waals surface area contributed by atoms with Crippen molar-refractivity contribution >= 4 is 40.9 Å². The molecule has 2 heterocycles. The first-order chi connectivity index (χ1) is 15.1. The number of pyridine rings is 2. The lowest BCUT2D eigenvalue weighted by Crippen LogP contribution is -2.32. The van der Waals surface area contributed by atoms with Crippen molar-refractivity contribution in [2.45, 2.75) is 32.9 Å². The van der Waals surface area contributed by atoms with E-state index < -0.39 is 11.7 Å². The maximum atomic E-state index is 12.0. The van der Waals surface area contributed by atoms with Crippen LogP contribution >= 0.6 is 34.8 Å². The Labute approximate surface area is 201 Å². The molecule has 0 saturated heterocycles. The molecule has 0 radical (unpaired) electrons. The normalized spacial score (nSPS) is 11.2. The summed E-state index contributed by atoms with van der Waals surface area (Å²) in [4.78, 5) is 20.5. The van der Waals surface area contributed by atoms with Crippen LogP contribution in [0.3, 0.4) is 0 Å². The molecule has 0 bridgehead atoms. The number of carbonyl (C=O) groups is 1. The zero-order valence-electron chi connectivity index (χ0n) is 18.0. The molecule has 2 aromatic heterocycles. The molecule has 0 fully saturated rings. The minimum absolute atomic E-state index is 0.199. The molecular weight excluding hydrogens is 473 g/mol. The van der Waals surface area contributed by atoms with Gasteiger partial charge in [-0.2, -0.15) is 0 Å². The van der Waals surface area contributed by atoms with Crippen LogP contribution in [0.15, 0.2) is 42.6 Å². The second-order valence-electron chi connectivity index (χ2n) is 7.85. The highest BCUT2D eigenvalue weighted by atomic mass is 35.5. The monoisotopic (exact) mass is 493 g/mol. The van der Waals surface area contributed by atoms with Gasteiger partial charge in [-0.25, -0.2) is 14.8 Å². The number of ether oxygens (including phenoxy) is 2. The van der Waals surface area contributed by atoms with E-state index in [1.54, 1.807) is 39.1 Å². The molecule has 32 heavy (non-hydrogen) atoms. The van der Waals surface area contributed by atoms with Crippen LogP contribution in [0.1, 0.15) is 26.3 Å². The highest BCUT2D eigenvalue weighted by Gasteiger charge is 2.18. The van der Waals surface area contributed by atoms with Gasteiger partial charge in [-0.3, -0.25) is 0 Å². The number of carbonyl (C=O) groups excluding carboxylic acids is 1. The lowest BCUT2D eigenvalue weighted by atomic mass is 10.0. The Kier molecular flexibility index (Phi) is 7.49. The first-order valence-electron chi connectivity index (χ1n) is 9.70. The van der Waals surface area contributed by atoms with E-state index in [-0.39, 0.29) is 11.7 Å². The van der Waals surface area contributed by atoms with Gasteiger partial charge in [-0.05, 0) is 39.0 Å². The molecule has 0 spiro atoms. The highest BCUT2D eigenvalue weighted by molar-refractivity contribution is 6.43. The first kappa shape index (κ1) is 24.1. The number of nitrogens with zero attached hydrogens (tertiary/aromatic N) is 2. The summed E-state index contributed by atoms with van der Waals surface area (Å²) >= 11 is 19.1. The van der Waals surface area contributed by atoms with E-state index in [0.29, 0.717) is 43.9 Å². The van der Waals surface area contributed by atoms with Gasteiger partial charge < -0.3 is 14.8 Å². The number of alkyl carbamates (subject to hydrolysis) is 1. The van der Waals surface area contributed by atoms with Crippen LogP contribution in [-0.2, 0) is 11.3 Å². The fourth-order valence-corrected chi connectivity index (χ4v) is 3.67. The third-order valence-corrected chi connectivity index (χ3v) is 5.54. The predicted octanol–water partition coefficient (Wildman–Crippen LogP) is 6.80. The number of benzene rings is 1. The van der Waals surface area contributed by atoms with Crippen LogP contribution in [0.4, 0.5) is 4.79 Å². The summed E-state index contributed by atoms with van der Waals surface area (Å²) in [7, 11) is 1.51. The fourth-order valence-electron chi connectivity index (χ4n) is 2.98. The predicted molar refractivity (Wildman–Crippen MR) is 128 cm³/mol. The number of methoxy groups -OCH3 is 1. The molecule has 0 atom stereocenters. The minimum Gasteiger partial charge on any atom is -0.481 e. The number of rotatable bonds is 5. The van der Waals surface area contributed by atoms with Crippen LogP contribution in [-0.4, -0.2) is 28.8 Å². The van der Waals surface area contributed by atoms with E-state index >= 15 is 0 Å². The molecule has 0 aliphatic heterocycles. The van der Waals surface area contributed by atoms with Crippen LogP contribution in [0.25, 0.3) is 22.4 Å². The molecule has 168 valence electrons. The van der Waals surface area contributed by atoms with Crippen molar-refractivity contribution in [1.82, 2.24) is 15.3 Å². The zero-order valence-corrected chi connectivity index (χ0v) is 20.3. The summed E-state index contributed by atoms with van der Waals surface area (Å²) in [6.45, 7) is 5.60. The van der Waals surface area contributed by atoms with Crippen molar-refractivity contribution in [3.63, 3.8) is 0 Å². The van der Waals surface area contributed by atoms with Gasteiger partial charge in [-0.15, -0.1) is 0 Å². The molecule has 3 aromatic rings. The van der Waals surface area contributed by atoms with Gasteiger partial charge in [0.1, 0.15) is 10.8 Å². The topological polar surface area (TPSA) is 73.3 Å². The van der Waals surface area contributed by atoms with Gasteiger partial charge in [0.15, 0.2) is 0 Å². The van der Waals surface area contributed by atoms with Gasteiger partial charge in [0.2, 0.25) is 5.88 Å². The van der Waals surface area contributed by atoms with Gasteiger partial charge in [0.25, 0.3) is 0 Å². The van der Waals surface area contributed by atoms with Gasteiger partial charge >= 0.3 is 6.09 Å². The van der Waals surface area contributed by atoms with Gasteiger partial charge in [0.05, 0.1) is 29.4 Å². The Bertz CT molecular complexity index is 1150. The lowest BCUT2D eigenvalue weighted by molar-refractivity contribution is 0.0523. The lowest BCUT2D eigenvalue weighted by Gasteiger charge is -2.20. The number of halogens is 3. The summed E-state index contributed by atoms with van der Waals surface area (Å²) < 4.78 is 10.7. The second kappa shape index (κ2) is 9.94. The van der Waals surface area contributed by atoms with Crippen molar-refractivity contribution in [2.24, 2.45) is 0 Å². The van der Waals surface area contributed by atoms with Crippen molar-refractivity contribution in [3.8, 4) is 28.3 Å². The number of hydrogen-bond donors (Lipinski definition) is 1. The SMILES string of the molecule is COc1nc(-c2cccc(-c3ccnc(Cl)c3Cl)c2Cl)ccc1CNC(=O)OC(C)(C)C. The van der Waals surface area contributed by atoms with Gasteiger partial charge in [-0.1, -0.05) is 53.0 Å². The fraction of sp³-hybridized carbons (Fsp3) is 0.261. The van der Waals surface area contributed by atoms with Crippen LogP contribution in [0.2, 0.25) is 15.2 Å². The third kappa shape index (κ3) is 5.63. The Morgan fingerprint density at radius 1 is 1.00 bits per heavy atom. The van der Waals surface area contributed by atoms with Crippen LogP contribution in [0.5, 0.6) is 5.88 Å². The summed E-state index contributed by atoms with van der Waals surface area (Å²) in [5.74, 6) is 0.366. The molecule has 9 heteroatoms. The van der Waals surface area contributed by atoms with E-state index in [1.807, 2.05) is 24.3 Å². The summed E-state index contributed by atoms with van der Waals surface area (Å²) in [6, 6.07) is 10.9. The van der Waals surface area contributed by atoms with Gasteiger partial charge in [0, 0.05) is 28.5 Å². The van der Waals surface area contributed by atoms with E-state index in [1.165, 1.54) is 7.11 Å². The summed E-state index contributed by atoms with van der Waals surface area (Å²) in [5, 5.41) is 3.69. The molecular formula is C23H22Cl3N3O3. The average Bonchev–Trinajstić information content (AvgIpc) is 2.73. The third-order valence-electron chi connectivity index (χ3n) is 4.37. The number of nitrogens with one attached hydrogen (secondary N) is 1. The van der Waals surface area contributed by atoms with E-state index in [2.05, 4.69) is 15.3 Å². The Morgan fingerprint density at radius 3 is 2.38 bits per heavy atom. The van der Waals surface area contributed by atoms with E-state index in [9.17, 15) is 4.79 Å². The summed E-state index contributed by atoms with van der Waals surface area (Å²) in [6.07, 6.45) is 1.05. The van der Waals surface area contributed by atoms with Crippen molar-refractivity contribution < 1.29 is 14.3 Å². The first-order valence-corrected chi connectivity index (χ1v) is 10.8. The van der Waals surface area contributed by atoms with Crippen molar-refractivity contribution in [2.75, 3.05) is 7.11 Å². The second-order valence-corrected chi connectivity index (χ2v) is 8.96. The molecule has 0 aliphatic rings. The van der Waals surface area contributed by atoms with E-state index in [0.717, 1.165) is 0 Å². The molecule has 1 aromatic carbocycles. The van der Waals surface area contributed by atoms with Crippen molar-refractivity contribution in [3.05, 3.63) is 63.4 Å². The van der Waals surface area contributed by atoms with E-state index in [4.69, 9.17) is 44.3 Å². The molecule has 0 aliphatic carbocycles. The number of aromatic nitrogens is 2.